The first-order valence-electron chi connectivity index (χ1n) is 7.03. The molecule has 0 bridgehead atoms. The van der Waals surface area contributed by atoms with Crippen molar-refractivity contribution in [2.45, 2.75) is 38.5 Å². The number of ether oxygens (including phenoxy) is 1. The van der Waals surface area contributed by atoms with E-state index < -0.39 is 0 Å². The van der Waals surface area contributed by atoms with Gasteiger partial charge in [-0.15, -0.1) is 10.2 Å². The summed E-state index contributed by atoms with van der Waals surface area (Å²) in [5, 5.41) is 10.8. The van der Waals surface area contributed by atoms with E-state index in [0.717, 1.165) is 31.1 Å². The molecular formula is C13H19N3O2S. The van der Waals surface area contributed by atoms with E-state index in [0.29, 0.717) is 12.5 Å². The highest BCUT2D eigenvalue weighted by Crippen LogP contribution is 2.42. The number of carbonyl (C=O) groups is 1. The van der Waals surface area contributed by atoms with E-state index in [1.54, 1.807) is 11.3 Å². The normalized spacial score (nSPS) is 20.6. The summed E-state index contributed by atoms with van der Waals surface area (Å²) in [7, 11) is 0. The van der Waals surface area contributed by atoms with Crippen LogP contribution in [0.3, 0.4) is 0 Å². The average Bonchev–Trinajstić information content (AvgIpc) is 3.17. The summed E-state index contributed by atoms with van der Waals surface area (Å²) in [4.78, 5) is 13.9. The van der Waals surface area contributed by atoms with E-state index in [9.17, 15) is 4.79 Å². The molecule has 1 saturated heterocycles. The number of rotatable bonds is 4. The van der Waals surface area contributed by atoms with Crippen LogP contribution in [0.2, 0.25) is 0 Å². The molecular weight excluding hydrogens is 262 g/mol. The van der Waals surface area contributed by atoms with Gasteiger partial charge < -0.3 is 9.64 Å². The molecule has 1 aromatic rings. The van der Waals surface area contributed by atoms with Crippen LogP contribution in [0.1, 0.15) is 43.5 Å². The summed E-state index contributed by atoms with van der Waals surface area (Å²) in [5.41, 5.74) is 0. The third-order valence-corrected chi connectivity index (χ3v) is 4.89. The molecule has 0 unspecified atom stereocenters. The highest BCUT2D eigenvalue weighted by Gasteiger charge is 2.30. The predicted molar refractivity (Wildman–Crippen MR) is 73.5 cm³/mol. The molecule has 0 aromatic carbocycles. The van der Waals surface area contributed by atoms with Crippen LogP contribution in [-0.4, -0.2) is 35.9 Å². The summed E-state index contributed by atoms with van der Waals surface area (Å²) in [6.07, 6.45) is 4.24. The Bertz CT molecular complexity index is 450. The molecule has 1 aliphatic carbocycles. The summed E-state index contributed by atoms with van der Waals surface area (Å²) < 4.78 is 5.08. The fraction of sp³-hybridized carbons (Fsp3) is 0.769. The van der Waals surface area contributed by atoms with E-state index in [-0.39, 0.29) is 11.9 Å². The number of carbonyl (C=O) groups excluding carboxylic acids is 1. The van der Waals surface area contributed by atoms with Gasteiger partial charge in [-0.2, -0.15) is 0 Å². The zero-order valence-electron chi connectivity index (χ0n) is 11.2. The number of anilines is 1. The molecule has 3 rings (SSSR count). The topological polar surface area (TPSA) is 55.3 Å². The van der Waals surface area contributed by atoms with Gasteiger partial charge >= 0.3 is 5.97 Å². The number of aromatic nitrogens is 2. The van der Waals surface area contributed by atoms with Crippen LogP contribution in [0.15, 0.2) is 0 Å². The largest absolute Gasteiger partial charge is 0.466 e. The summed E-state index contributed by atoms with van der Waals surface area (Å²) in [6.45, 7) is 4.08. The Balaban J connectivity index is 1.55. The highest BCUT2D eigenvalue weighted by atomic mass is 32.1. The molecule has 5 nitrogen and oxygen atoms in total. The fourth-order valence-electron chi connectivity index (χ4n) is 2.42. The van der Waals surface area contributed by atoms with Crippen LogP contribution in [0.4, 0.5) is 5.13 Å². The SMILES string of the molecule is CCOC(=O)C1CCN(c2nnc(C3CC3)s2)CC1. The van der Waals surface area contributed by atoms with Gasteiger partial charge in [0.1, 0.15) is 5.01 Å². The molecule has 2 fully saturated rings. The van der Waals surface area contributed by atoms with Gasteiger partial charge in [-0.1, -0.05) is 11.3 Å². The Morgan fingerprint density at radius 1 is 1.32 bits per heavy atom. The molecule has 0 atom stereocenters. The Morgan fingerprint density at radius 2 is 2.05 bits per heavy atom. The van der Waals surface area contributed by atoms with Crippen LogP contribution in [0.25, 0.3) is 0 Å². The number of piperidine rings is 1. The summed E-state index contributed by atoms with van der Waals surface area (Å²) >= 11 is 1.72. The van der Waals surface area contributed by atoms with Gasteiger partial charge in [0.25, 0.3) is 0 Å². The lowest BCUT2D eigenvalue weighted by atomic mass is 9.97. The van der Waals surface area contributed by atoms with Crippen molar-refractivity contribution in [3.63, 3.8) is 0 Å². The fourth-order valence-corrected chi connectivity index (χ4v) is 3.48. The smallest absolute Gasteiger partial charge is 0.309 e. The van der Waals surface area contributed by atoms with Crippen molar-refractivity contribution in [2.24, 2.45) is 5.92 Å². The standard InChI is InChI=1S/C13H19N3O2S/c1-2-18-12(17)10-5-7-16(8-6-10)13-15-14-11(19-13)9-3-4-9/h9-10H,2-8H2,1H3. The van der Waals surface area contributed by atoms with Crippen molar-refractivity contribution >= 4 is 22.4 Å². The minimum atomic E-state index is -0.0434. The monoisotopic (exact) mass is 281 g/mol. The second-order valence-electron chi connectivity index (χ2n) is 5.21. The minimum absolute atomic E-state index is 0.0434. The molecule has 2 aliphatic rings. The van der Waals surface area contributed by atoms with E-state index in [4.69, 9.17) is 4.74 Å². The molecule has 104 valence electrons. The first kappa shape index (κ1) is 12.8. The van der Waals surface area contributed by atoms with Crippen molar-refractivity contribution in [2.75, 3.05) is 24.6 Å². The Morgan fingerprint density at radius 3 is 2.68 bits per heavy atom. The lowest BCUT2D eigenvalue weighted by Crippen LogP contribution is -2.36. The second-order valence-corrected chi connectivity index (χ2v) is 6.20. The number of nitrogens with zero attached hydrogens (tertiary/aromatic N) is 3. The van der Waals surface area contributed by atoms with E-state index >= 15 is 0 Å². The lowest BCUT2D eigenvalue weighted by molar-refractivity contribution is -0.148. The zero-order chi connectivity index (χ0) is 13.2. The molecule has 1 aromatic heterocycles. The first-order valence-corrected chi connectivity index (χ1v) is 7.84. The van der Waals surface area contributed by atoms with Crippen molar-refractivity contribution in [1.82, 2.24) is 10.2 Å². The van der Waals surface area contributed by atoms with E-state index in [2.05, 4.69) is 15.1 Å². The van der Waals surface area contributed by atoms with Crippen LogP contribution in [0, 0.1) is 5.92 Å². The maximum Gasteiger partial charge on any atom is 0.309 e. The molecule has 0 radical (unpaired) electrons. The molecule has 0 amide bonds. The maximum absolute atomic E-state index is 11.7. The molecule has 1 saturated carbocycles. The summed E-state index contributed by atoms with van der Waals surface area (Å²) in [5.74, 6) is 0.688. The number of hydrogen-bond donors (Lipinski definition) is 0. The van der Waals surface area contributed by atoms with Crippen LogP contribution in [-0.2, 0) is 9.53 Å². The first-order chi connectivity index (χ1) is 9.28. The van der Waals surface area contributed by atoms with Crippen LogP contribution >= 0.6 is 11.3 Å². The average molecular weight is 281 g/mol. The van der Waals surface area contributed by atoms with Gasteiger partial charge in [0.05, 0.1) is 12.5 Å². The van der Waals surface area contributed by atoms with Gasteiger partial charge in [0, 0.05) is 19.0 Å². The Hall–Kier alpha value is -1.17. The second kappa shape index (κ2) is 5.45. The maximum atomic E-state index is 11.7. The van der Waals surface area contributed by atoms with E-state index in [1.807, 2.05) is 6.92 Å². The number of hydrogen-bond acceptors (Lipinski definition) is 6. The Labute approximate surface area is 117 Å². The molecule has 0 spiro atoms. The summed E-state index contributed by atoms with van der Waals surface area (Å²) in [6, 6.07) is 0. The van der Waals surface area contributed by atoms with Crippen LogP contribution in [0.5, 0.6) is 0 Å². The number of esters is 1. The van der Waals surface area contributed by atoms with Gasteiger partial charge in [-0.25, -0.2) is 0 Å². The van der Waals surface area contributed by atoms with Crippen LogP contribution < -0.4 is 4.90 Å². The highest BCUT2D eigenvalue weighted by molar-refractivity contribution is 7.15. The van der Waals surface area contributed by atoms with Gasteiger partial charge in [-0.3, -0.25) is 4.79 Å². The van der Waals surface area contributed by atoms with Gasteiger partial charge in [0.15, 0.2) is 0 Å². The molecule has 0 N–H and O–H groups in total. The third-order valence-electron chi connectivity index (χ3n) is 3.74. The molecule has 2 heterocycles. The third kappa shape index (κ3) is 2.88. The van der Waals surface area contributed by atoms with Crippen molar-refractivity contribution in [3.8, 4) is 0 Å². The van der Waals surface area contributed by atoms with Crippen molar-refractivity contribution < 1.29 is 9.53 Å². The molecule has 1 aliphatic heterocycles. The van der Waals surface area contributed by atoms with Crippen molar-refractivity contribution in [1.29, 1.82) is 0 Å². The van der Waals surface area contributed by atoms with Gasteiger partial charge in [0.2, 0.25) is 5.13 Å². The van der Waals surface area contributed by atoms with Crippen molar-refractivity contribution in [3.05, 3.63) is 5.01 Å². The predicted octanol–water partition coefficient (Wildman–Crippen LogP) is 2.20. The lowest BCUT2D eigenvalue weighted by Gasteiger charge is -2.30. The quantitative estimate of drug-likeness (QED) is 0.792. The zero-order valence-corrected chi connectivity index (χ0v) is 12.0. The molecule has 19 heavy (non-hydrogen) atoms. The minimum Gasteiger partial charge on any atom is -0.466 e. The van der Waals surface area contributed by atoms with Gasteiger partial charge in [-0.05, 0) is 32.6 Å². The molecule has 6 heteroatoms. The van der Waals surface area contributed by atoms with E-state index in [1.165, 1.54) is 17.8 Å². The Kier molecular flexibility index (Phi) is 3.68.